The minimum atomic E-state index is 0.755. The molecule has 0 spiro atoms. The molecule has 0 radical (unpaired) electrons. The average Bonchev–Trinajstić information content (AvgIpc) is 2.49. The van der Waals surface area contributed by atoms with Crippen LogP contribution in [0.25, 0.3) is 10.8 Å². The minimum absolute atomic E-state index is 0.755. The van der Waals surface area contributed by atoms with Crippen molar-refractivity contribution >= 4 is 22.5 Å². The topological polar surface area (TPSA) is 23.8 Å². The third kappa shape index (κ3) is 2.62. The van der Waals surface area contributed by atoms with Gasteiger partial charge in [-0.3, -0.25) is 0 Å². The zero-order chi connectivity index (χ0) is 13.1. The van der Waals surface area contributed by atoms with Crippen LogP contribution >= 0.6 is 11.8 Å². The van der Waals surface area contributed by atoms with E-state index in [-0.39, 0.29) is 0 Å². The summed E-state index contributed by atoms with van der Waals surface area (Å²) in [5.41, 5.74) is 0.781. The van der Waals surface area contributed by atoms with Crippen molar-refractivity contribution in [1.82, 2.24) is 0 Å². The molecule has 0 atom stereocenters. The van der Waals surface area contributed by atoms with Crippen LogP contribution < -0.4 is 0 Å². The minimum Gasteiger partial charge on any atom is -0.192 e. The molecular formula is C17H17NS. The molecule has 1 fully saturated rings. The van der Waals surface area contributed by atoms with Gasteiger partial charge in [0.05, 0.1) is 11.6 Å². The molecule has 0 unspecified atom stereocenters. The standard InChI is InChI=1S/C17H17NS/c18-12-13-10-11-17(16-9-5-4-8-15(13)16)19-14-6-2-1-3-7-14/h4-5,8-11,14H,1-3,6-7H2. The Bertz CT molecular complexity index is 621. The molecule has 1 aliphatic rings. The third-order valence-corrected chi connectivity index (χ3v) is 5.27. The van der Waals surface area contributed by atoms with Gasteiger partial charge in [-0.25, -0.2) is 0 Å². The van der Waals surface area contributed by atoms with Crippen molar-refractivity contribution in [2.75, 3.05) is 0 Å². The van der Waals surface area contributed by atoms with Crippen LogP contribution in [0.3, 0.4) is 0 Å². The zero-order valence-electron chi connectivity index (χ0n) is 10.9. The second kappa shape index (κ2) is 5.67. The van der Waals surface area contributed by atoms with Crippen molar-refractivity contribution in [2.45, 2.75) is 42.2 Å². The van der Waals surface area contributed by atoms with E-state index in [1.807, 2.05) is 23.9 Å². The first-order valence-corrected chi connectivity index (χ1v) is 7.85. The first-order chi connectivity index (χ1) is 9.38. The van der Waals surface area contributed by atoms with Gasteiger partial charge in [-0.1, -0.05) is 43.5 Å². The Kier molecular flexibility index (Phi) is 3.75. The van der Waals surface area contributed by atoms with Crippen molar-refractivity contribution in [3.05, 3.63) is 42.0 Å². The van der Waals surface area contributed by atoms with Crippen LogP contribution in [-0.4, -0.2) is 5.25 Å². The molecule has 0 N–H and O–H groups in total. The van der Waals surface area contributed by atoms with Gasteiger partial charge >= 0.3 is 0 Å². The van der Waals surface area contributed by atoms with E-state index in [4.69, 9.17) is 0 Å². The Labute approximate surface area is 118 Å². The van der Waals surface area contributed by atoms with E-state index in [0.717, 1.165) is 16.2 Å². The lowest BCUT2D eigenvalue weighted by atomic mass is 10.0. The summed E-state index contributed by atoms with van der Waals surface area (Å²) in [4.78, 5) is 1.33. The Balaban J connectivity index is 1.97. The Hall–Kier alpha value is -1.46. The predicted molar refractivity (Wildman–Crippen MR) is 81.4 cm³/mol. The normalized spacial score (nSPS) is 16.4. The van der Waals surface area contributed by atoms with E-state index in [0.29, 0.717) is 0 Å². The molecule has 1 saturated carbocycles. The number of hydrogen-bond donors (Lipinski definition) is 0. The highest BCUT2D eigenvalue weighted by Gasteiger charge is 2.16. The molecule has 1 aliphatic carbocycles. The number of nitrogens with zero attached hydrogens (tertiary/aromatic N) is 1. The lowest BCUT2D eigenvalue weighted by Crippen LogP contribution is -2.07. The van der Waals surface area contributed by atoms with Gasteiger partial charge in [0.15, 0.2) is 0 Å². The molecule has 19 heavy (non-hydrogen) atoms. The fourth-order valence-corrected chi connectivity index (χ4v) is 4.21. The number of thioether (sulfide) groups is 1. The molecule has 0 saturated heterocycles. The molecule has 1 nitrogen and oxygen atoms in total. The van der Waals surface area contributed by atoms with E-state index < -0.39 is 0 Å². The fourth-order valence-electron chi connectivity index (χ4n) is 2.83. The first-order valence-electron chi connectivity index (χ1n) is 6.97. The number of fused-ring (bicyclic) bond motifs is 1. The Morgan fingerprint density at radius 3 is 2.42 bits per heavy atom. The van der Waals surface area contributed by atoms with Gasteiger partial charge in [-0.15, -0.1) is 11.8 Å². The maximum atomic E-state index is 9.19. The van der Waals surface area contributed by atoms with Crippen LogP contribution in [0.4, 0.5) is 0 Å². The molecule has 0 aliphatic heterocycles. The predicted octanol–water partition coefficient (Wildman–Crippen LogP) is 5.14. The largest absolute Gasteiger partial charge is 0.192 e. The summed E-state index contributed by atoms with van der Waals surface area (Å²) in [5.74, 6) is 0. The lowest BCUT2D eigenvalue weighted by Gasteiger charge is -2.21. The number of nitriles is 1. The van der Waals surface area contributed by atoms with Crippen molar-refractivity contribution in [1.29, 1.82) is 5.26 Å². The molecule has 2 aromatic carbocycles. The lowest BCUT2D eigenvalue weighted by molar-refractivity contribution is 0.516. The molecule has 3 rings (SSSR count). The van der Waals surface area contributed by atoms with Crippen LogP contribution in [0.5, 0.6) is 0 Å². The first kappa shape index (κ1) is 12.6. The van der Waals surface area contributed by atoms with Gasteiger partial charge in [0.25, 0.3) is 0 Å². The summed E-state index contributed by atoms with van der Waals surface area (Å²) in [7, 11) is 0. The molecular weight excluding hydrogens is 250 g/mol. The second-order valence-electron chi connectivity index (χ2n) is 5.15. The maximum absolute atomic E-state index is 9.19. The number of hydrogen-bond acceptors (Lipinski definition) is 2. The summed E-state index contributed by atoms with van der Waals surface area (Å²) in [6.07, 6.45) is 6.79. The van der Waals surface area contributed by atoms with Gasteiger partial charge in [-0.05, 0) is 30.4 Å². The monoisotopic (exact) mass is 267 g/mol. The molecule has 96 valence electrons. The SMILES string of the molecule is N#Cc1ccc(SC2CCCCC2)c2ccccc12. The van der Waals surface area contributed by atoms with Crippen LogP contribution in [-0.2, 0) is 0 Å². The van der Waals surface area contributed by atoms with E-state index in [2.05, 4.69) is 30.3 Å². The van der Waals surface area contributed by atoms with Crippen LogP contribution in [0.15, 0.2) is 41.3 Å². The molecule has 0 heterocycles. The van der Waals surface area contributed by atoms with Gasteiger partial charge in [0.2, 0.25) is 0 Å². The van der Waals surface area contributed by atoms with E-state index in [1.165, 1.54) is 42.4 Å². The molecule has 0 amide bonds. The van der Waals surface area contributed by atoms with Crippen molar-refractivity contribution in [3.63, 3.8) is 0 Å². The maximum Gasteiger partial charge on any atom is 0.0998 e. The van der Waals surface area contributed by atoms with Crippen molar-refractivity contribution in [2.24, 2.45) is 0 Å². The summed E-state index contributed by atoms with van der Waals surface area (Å²) in [6.45, 7) is 0. The Morgan fingerprint density at radius 2 is 1.68 bits per heavy atom. The van der Waals surface area contributed by atoms with Crippen LogP contribution in [0.2, 0.25) is 0 Å². The van der Waals surface area contributed by atoms with Crippen LogP contribution in [0.1, 0.15) is 37.7 Å². The van der Waals surface area contributed by atoms with E-state index in [1.54, 1.807) is 0 Å². The summed E-state index contributed by atoms with van der Waals surface area (Å²) >= 11 is 2.00. The highest BCUT2D eigenvalue weighted by Crippen LogP contribution is 2.37. The fraction of sp³-hybridized carbons (Fsp3) is 0.353. The third-order valence-electron chi connectivity index (χ3n) is 3.85. The molecule has 0 bridgehead atoms. The van der Waals surface area contributed by atoms with E-state index >= 15 is 0 Å². The van der Waals surface area contributed by atoms with Crippen molar-refractivity contribution in [3.8, 4) is 6.07 Å². The molecule has 2 heteroatoms. The second-order valence-corrected chi connectivity index (χ2v) is 6.49. The van der Waals surface area contributed by atoms with E-state index in [9.17, 15) is 5.26 Å². The summed E-state index contributed by atoms with van der Waals surface area (Å²) in [5, 5.41) is 12.3. The quantitative estimate of drug-likeness (QED) is 0.752. The number of rotatable bonds is 2. The van der Waals surface area contributed by atoms with Gasteiger partial charge in [0, 0.05) is 15.5 Å². The summed E-state index contributed by atoms with van der Waals surface area (Å²) in [6, 6.07) is 14.7. The molecule has 2 aromatic rings. The zero-order valence-corrected chi connectivity index (χ0v) is 11.7. The Morgan fingerprint density at radius 1 is 0.947 bits per heavy atom. The smallest absolute Gasteiger partial charge is 0.0998 e. The highest BCUT2D eigenvalue weighted by atomic mass is 32.2. The van der Waals surface area contributed by atoms with Gasteiger partial charge in [-0.2, -0.15) is 5.26 Å². The highest BCUT2D eigenvalue weighted by molar-refractivity contribution is 8.00. The van der Waals surface area contributed by atoms with Crippen LogP contribution in [0, 0.1) is 11.3 Å². The average molecular weight is 267 g/mol. The van der Waals surface area contributed by atoms with Gasteiger partial charge < -0.3 is 0 Å². The van der Waals surface area contributed by atoms with Crippen molar-refractivity contribution < 1.29 is 0 Å². The molecule has 0 aromatic heterocycles. The summed E-state index contributed by atoms with van der Waals surface area (Å²) < 4.78 is 0. The number of benzene rings is 2. The van der Waals surface area contributed by atoms with Gasteiger partial charge in [0.1, 0.15) is 0 Å².